The van der Waals surface area contributed by atoms with E-state index in [4.69, 9.17) is 18.0 Å². The van der Waals surface area contributed by atoms with Crippen molar-refractivity contribution in [2.75, 3.05) is 18.5 Å². The highest BCUT2D eigenvalue weighted by atomic mass is 32.1. The lowest BCUT2D eigenvalue weighted by Gasteiger charge is -2.18. The molecule has 1 aromatic rings. The van der Waals surface area contributed by atoms with Gasteiger partial charge in [0, 0.05) is 31.8 Å². The average molecular weight is 224 g/mol. The van der Waals surface area contributed by atoms with Gasteiger partial charge in [0.15, 0.2) is 0 Å². The van der Waals surface area contributed by atoms with Gasteiger partial charge in [0.05, 0.1) is 4.99 Å². The maximum Gasteiger partial charge on any atom is 0.132 e. The summed E-state index contributed by atoms with van der Waals surface area (Å²) in [4.78, 5) is 11.1. The van der Waals surface area contributed by atoms with Gasteiger partial charge in [0.1, 0.15) is 11.6 Å². The molecular formula is C10H16N4S. The molecule has 1 heterocycles. The van der Waals surface area contributed by atoms with E-state index in [1.54, 1.807) is 0 Å². The minimum absolute atomic E-state index is 0.532. The molecule has 0 unspecified atom stereocenters. The maximum absolute atomic E-state index is 5.45. The molecule has 0 amide bonds. The van der Waals surface area contributed by atoms with E-state index in [0.717, 1.165) is 23.9 Å². The largest absolute Gasteiger partial charge is 0.393 e. The summed E-state index contributed by atoms with van der Waals surface area (Å²) in [5, 5.41) is 0. The van der Waals surface area contributed by atoms with Gasteiger partial charge < -0.3 is 10.6 Å². The van der Waals surface area contributed by atoms with Crippen LogP contribution in [0, 0.1) is 13.8 Å². The highest BCUT2D eigenvalue weighted by Gasteiger charge is 2.04. The smallest absolute Gasteiger partial charge is 0.132 e. The van der Waals surface area contributed by atoms with Crippen LogP contribution >= 0.6 is 12.2 Å². The van der Waals surface area contributed by atoms with Crippen molar-refractivity contribution >= 4 is 23.0 Å². The van der Waals surface area contributed by atoms with Crippen LogP contribution in [0.2, 0.25) is 0 Å². The number of thiocarbonyl (C=S) groups is 1. The summed E-state index contributed by atoms with van der Waals surface area (Å²) >= 11 is 4.83. The van der Waals surface area contributed by atoms with Gasteiger partial charge in [-0.05, 0) is 13.8 Å². The Morgan fingerprint density at radius 3 is 2.67 bits per heavy atom. The fourth-order valence-electron chi connectivity index (χ4n) is 1.29. The predicted octanol–water partition coefficient (Wildman–Crippen LogP) is 1.21. The Hall–Kier alpha value is -1.23. The summed E-state index contributed by atoms with van der Waals surface area (Å²) in [5.41, 5.74) is 6.42. The topological polar surface area (TPSA) is 55.0 Å². The van der Waals surface area contributed by atoms with Crippen LogP contribution in [0.3, 0.4) is 0 Å². The van der Waals surface area contributed by atoms with Crippen LogP contribution in [-0.2, 0) is 0 Å². The van der Waals surface area contributed by atoms with Gasteiger partial charge in [-0.25, -0.2) is 9.97 Å². The quantitative estimate of drug-likeness (QED) is 0.779. The van der Waals surface area contributed by atoms with E-state index < -0.39 is 0 Å². The van der Waals surface area contributed by atoms with Crippen molar-refractivity contribution in [1.29, 1.82) is 0 Å². The third-order valence-corrected chi connectivity index (χ3v) is 2.24. The van der Waals surface area contributed by atoms with Crippen LogP contribution in [0.4, 0.5) is 5.82 Å². The Labute approximate surface area is 95.5 Å². The van der Waals surface area contributed by atoms with Crippen molar-refractivity contribution in [3.05, 3.63) is 17.6 Å². The van der Waals surface area contributed by atoms with Gasteiger partial charge in [-0.2, -0.15) is 0 Å². The molecule has 82 valence electrons. The van der Waals surface area contributed by atoms with Crippen LogP contribution in [0.25, 0.3) is 0 Å². The molecule has 0 saturated carbocycles. The zero-order chi connectivity index (χ0) is 11.4. The van der Waals surface area contributed by atoms with Crippen molar-refractivity contribution in [2.45, 2.75) is 20.3 Å². The number of anilines is 1. The lowest BCUT2D eigenvalue weighted by Crippen LogP contribution is -2.24. The number of nitrogens with two attached hydrogens (primary N) is 1. The summed E-state index contributed by atoms with van der Waals surface area (Å²) in [7, 11) is 1.97. The van der Waals surface area contributed by atoms with E-state index in [9.17, 15) is 0 Å². The minimum atomic E-state index is 0.532. The zero-order valence-corrected chi connectivity index (χ0v) is 10.1. The highest BCUT2D eigenvalue weighted by Crippen LogP contribution is 2.10. The molecule has 0 atom stereocenters. The second-order valence-corrected chi connectivity index (χ2v) is 4.08. The summed E-state index contributed by atoms with van der Waals surface area (Å²) in [6, 6.07) is 1.95. The first-order valence-electron chi connectivity index (χ1n) is 4.81. The molecule has 0 fully saturated rings. The fourth-order valence-corrected chi connectivity index (χ4v) is 1.38. The van der Waals surface area contributed by atoms with E-state index >= 15 is 0 Å². The number of aromatic nitrogens is 2. The summed E-state index contributed by atoms with van der Waals surface area (Å²) in [6.45, 7) is 4.63. The molecule has 0 aromatic carbocycles. The molecule has 5 heteroatoms. The predicted molar refractivity (Wildman–Crippen MR) is 66.2 cm³/mol. The standard InChI is InChI=1S/C10H16N4S/c1-7-6-10(13-8(2)12-7)14(3)5-4-9(11)15/h6H,4-5H2,1-3H3,(H2,11,15). The molecule has 2 N–H and O–H groups in total. The van der Waals surface area contributed by atoms with Gasteiger partial charge in [-0.3, -0.25) is 0 Å². The first kappa shape index (κ1) is 11.8. The second-order valence-electron chi connectivity index (χ2n) is 3.55. The van der Waals surface area contributed by atoms with E-state index in [0.29, 0.717) is 11.4 Å². The SMILES string of the molecule is Cc1cc(N(C)CCC(N)=S)nc(C)n1. The van der Waals surface area contributed by atoms with Crippen molar-refractivity contribution in [3.63, 3.8) is 0 Å². The maximum atomic E-state index is 5.45. The molecule has 0 spiro atoms. The van der Waals surface area contributed by atoms with Gasteiger partial charge >= 0.3 is 0 Å². The number of aryl methyl sites for hydroxylation is 2. The second kappa shape index (κ2) is 5.02. The highest BCUT2D eigenvalue weighted by molar-refractivity contribution is 7.80. The molecule has 15 heavy (non-hydrogen) atoms. The van der Waals surface area contributed by atoms with E-state index in [-0.39, 0.29) is 0 Å². The summed E-state index contributed by atoms with van der Waals surface area (Å²) in [5.74, 6) is 1.70. The van der Waals surface area contributed by atoms with Gasteiger partial charge in [-0.15, -0.1) is 0 Å². The van der Waals surface area contributed by atoms with Gasteiger partial charge in [-0.1, -0.05) is 12.2 Å². The van der Waals surface area contributed by atoms with E-state index in [1.165, 1.54) is 0 Å². The first-order valence-corrected chi connectivity index (χ1v) is 5.21. The zero-order valence-electron chi connectivity index (χ0n) is 9.32. The first-order chi connectivity index (χ1) is 6.99. The number of nitrogens with zero attached hydrogens (tertiary/aromatic N) is 3. The molecule has 0 aliphatic carbocycles. The Balaban J connectivity index is 2.72. The Bertz CT molecular complexity index is 344. The van der Waals surface area contributed by atoms with E-state index in [1.807, 2.05) is 31.9 Å². The Morgan fingerprint density at radius 1 is 1.47 bits per heavy atom. The summed E-state index contributed by atoms with van der Waals surface area (Å²) in [6.07, 6.45) is 0.702. The normalized spacial score (nSPS) is 10.1. The average Bonchev–Trinajstić information content (AvgIpc) is 2.12. The molecule has 0 saturated heterocycles. The van der Waals surface area contributed by atoms with E-state index in [2.05, 4.69) is 9.97 Å². The molecule has 1 rings (SSSR count). The third-order valence-electron chi connectivity index (χ3n) is 2.04. The monoisotopic (exact) mass is 224 g/mol. The summed E-state index contributed by atoms with van der Waals surface area (Å²) < 4.78 is 0. The van der Waals surface area contributed by atoms with Crippen LogP contribution in [0.15, 0.2) is 6.07 Å². The fraction of sp³-hybridized carbons (Fsp3) is 0.500. The molecule has 4 nitrogen and oxygen atoms in total. The Kier molecular flexibility index (Phi) is 3.96. The lowest BCUT2D eigenvalue weighted by atomic mass is 10.3. The minimum Gasteiger partial charge on any atom is -0.393 e. The van der Waals surface area contributed by atoms with Crippen molar-refractivity contribution < 1.29 is 0 Å². The molecule has 1 aromatic heterocycles. The van der Waals surface area contributed by atoms with Gasteiger partial charge in [0.2, 0.25) is 0 Å². The number of hydrogen-bond donors (Lipinski definition) is 1. The van der Waals surface area contributed by atoms with Crippen molar-refractivity contribution in [2.24, 2.45) is 5.73 Å². The lowest BCUT2D eigenvalue weighted by molar-refractivity contribution is 0.875. The third kappa shape index (κ3) is 3.79. The van der Waals surface area contributed by atoms with Crippen LogP contribution in [0.5, 0.6) is 0 Å². The molecule has 0 aliphatic rings. The van der Waals surface area contributed by atoms with Crippen LogP contribution in [0.1, 0.15) is 17.9 Å². The molecular weight excluding hydrogens is 208 g/mol. The Morgan fingerprint density at radius 2 is 2.13 bits per heavy atom. The molecule has 0 radical (unpaired) electrons. The number of rotatable bonds is 4. The number of hydrogen-bond acceptors (Lipinski definition) is 4. The molecule has 0 bridgehead atoms. The van der Waals surface area contributed by atoms with Gasteiger partial charge in [0.25, 0.3) is 0 Å². The molecule has 0 aliphatic heterocycles. The van der Waals surface area contributed by atoms with Crippen LogP contribution < -0.4 is 10.6 Å². The van der Waals surface area contributed by atoms with Crippen LogP contribution in [-0.4, -0.2) is 28.5 Å². The van der Waals surface area contributed by atoms with Crippen molar-refractivity contribution in [1.82, 2.24) is 9.97 Å². The van der Waals surface area contributed by atoms with Crippen molar-refractivity contribution in [3.8, 4) is 0 Å².